The van der Waals surface area contributed by atoms with Gasteiger partial charge in [0.15, 0.2) is 0 Å². The van der Waals surface area contributed by atoms with Crippen molar-refractivity contribution in [2.75, 3.05) is 30.9 Å². The number of likely N-dealkylation sites (N-methyl/N-ethyl adjacent to an activating group) is 1. The molecule has 0 saturated carbocycles. The average molecular weight is 515 g/mol. The van der Waals surface area contributed by atoms with Crippen LogP contribution in [0.4, 0.5) is 11.4 Å². The van der Waals surface area contributed by atoms with Gasteiger partial charge in [-0.05, 0) is 52.2 Å². The third-order valence-corrected chi connectivity index (χ3v) is 7.88. The molecule has 6 heteroatoms. The van der Waals surface area contributed by atoms with E-state index in [4.69, 9.17) is 4.55 Å². The van der Waals surface area contributed by atoms with Gasteiger partial charge in [0.05, 0.1) is 10.9 Å². The van der Waals surface area contributed by atoms with E-state index in [0.717, 1.165) is 0 Å². The van der Waals surface area contributed by atoms with E-state index < -0.39 is 10.1 Å². The van der Waals surface area contributed by atoms with E-state index in [2.05, 4.69) is 118 Å². The molecule has 5 rings (SSSR count). The van der Waals surface area contributed by atoms with Gasteiger partial charge in [0.25, 0.3) is 10.1 Å². The Morgan fingerprint density at radius 2 is 1.49 bits per heavy atom. The molecule has 192 valence electrons. The summed E-state index contributed by atoms with van der Waals surface area (Å²) >= 11 is 0. The van der Waals surface area contributed by atoms with Gasteiger partial charge in [0.2, 0.25) is 0 Å². The molecule has 1 aliphatic heterocycles. The first-order chi connectivity index (χ1) is 17.5. The molecular weight excluding hydrogens is 480 g/mol. The standard InChI is InChI=1S/C25H28N2.C6H6O3S/c1-25(2)23(17-12-18-10-14-20(15-11-18)26(3)4)27(5)22-16-13-19-8-6-7-9-21(19)24(22)25;7-10(8,9)6-4-2-1-3-5-6/h6-17,23H,1-5H3;1-5H,(H,7,8,9)/b17-12+;. The molecule has 0 saturated heterocycles. The van der Waals surface area contributed by atoms with Crippen molar-refractivity contribution in [1.29, 1.82) is 0 Å². The Hall–Kier alpha value is -3.61. The van der Waals surface area contributed by atoms with Crippen LogP contribution in [0.1, 0.15) is 25.0 Å². The van der Waals surface area contributed by atoms with Crippen LogP contribution in [0.5, 0.6) is 0 Å². The van der Waals surface area contributed by atoms with Gasteiger partial charge < -0.3 is 9.80 Å². The molecule has 4 aromatic rings. The predicted octanol–water partition coefficient (Wildman–Crippen LogP) is 6.65. The van der Waals surface area contributed by atoms with Crippen molar-refractivity contribution in [3.63, 3.8) is 0 Å². The molecule has 0 fully saturated rings. The van der Waals surface area contributed by atoms with Gasteiger partial charge in [-0.2, -0.15) is 8.42 Å². The second-order valence-electron chi connectivity index (χ2n) is 10.1. The molecule has 0 radical (unpaired) electrons. The molecule has 0 spiro atoms. The minimum atomic E-state index is -4.00. The van der Waals surface area contributed by atoms with Crippen LogP contribution in [0.15, 0.2) is 102 Å². The Labute approximate surface area is 220 Å². The van der Waals surface area contributed by atoms with Crippen LogP contribution in [-0.2, 0) is 15.5 Å². The van der Waals surface area contributed by atoms with Crippen molar-refractivity contribution < 1.29 is 13.0 Å². The van der Waals surface area contributed by atoms with Crippen molar-refractivity contribution in [3.05, 3.63) is 108 Å². The Morgan fingerprint density at radius 1 is 0.865 bits per heavy atom. The second kappa shape index (κ2) is 10.4. The van der Waals surface area contributed by atoms with Crippen LogP contribution in [0.25, 0.3) is 16.8 Å². The minimum Gasteiger partial charge on any atom is -0.378 e. The molecule has 0 bridgehead atoms. The highest BCUT2D eigenvalue weighted by molar-refractivity contribution is 7.85. The van der Waals surface area contributed by atoms with Crippen molar-refractivity contribution in [2.45, 2.75) is 30.2 Å². The smallest absolute Gasteiger partial charge is 0.294 e. The molecule has 4 aromatic carbocycles. The van der Waals surface area contributed by atoms with Gasteiger partial charge in [-0.3, -0.25) is 4.55 Å². The van der Waals surface area contributed by atoms with Crippen LogP contribution in [0, 0.1) is 0 Å². The fraction of sp³-hybridized carbons (Fsp3) is 0.226. The maximum Gasteiger partial charge on any atom is 0.294 e. The van der Waals surface area contributed by atoms with Crippen molar-refractivity contribution in [1.82, 2.24) is 0 Å². The zero-order valence-electron chi connectivity index (χ0n) is 22.0. The van der Waals surface area contributed by atoms with Crippen molar-refractivity contribution in [2.24, 2.45) is 0 Å². The van der Waals surface area contributed by atoms with Crippen LogP contribution in [0.3, 0.4) is 0 Å². The molecule has 1 unspecified atom stereocenters. The Morgan fingerprint density at radius 3 is 2.08 bits per heavy atom. The molecule has 1 atom stereocenters. The first-order valence-corrected chi connectivity index (χ1v) is 13.7. The molecule has 0 aliphatic carbocycles. The lowest BCUT2D eigenvalue weighted by Crippen LogP contribution is -2.37. The van der Waals surface area contributed by atoms with E-state index in [0.29, 0.717) is 6.04 Å². The van der Waals surface area contributed by atoms with Gasteiger partial charge in [-0.25, -0.2) is 0 Å². The maximum absolute atomic E-state index is 10.4. The maximum atomic E-state index is 10.4. The topological polar surface area (TPSA) is 60.9 Å². The number of anilines is 2. The summed E-state index contributed by atoms with van der Waals surface area (Å²) in [6.45, 7) is 4.73. The van der Waals surface area contributed by atoms with Crippen LogP contribution in [-0.4, -0.2) is 40.2 Å². The quantitative estimate of drug-likeness (QED) is 0.309. The molecule has 0 aromatic heterocycles. The molecule has 1 aliphatic rings. The fourth-order valence-electron chi connectivity index (χ4n) is 5.06. The summed E-state index contributed by atoms with van der Waals surface area (Å²) in [5.74, 6) is 0. The molecule has 1 N–H and O–H groups in total. The molecule has 5 nitrogen and oxygen atoms in total. The van der Waals surface area contributed by atoms with Gasteiger partial charge in [0, 0.05) is 37.9 Å². The highest BCUT2D eigenvalue weighted by Crippen LogP contribution is 2.48. The summed E-state index contributed by atoms with van der Waals surface area (Å²) < 4.78 is 29.2. The first kappa shape index (κ1) is 26.5. The van der Waals surface area contributed by atoms with E-state index in [1.807, 2.05) is 0 Å². The summed E-state index contributed by atoms with van der Waals surface area (Å²) in [4.78, 5) is 4.48. The lowest BCUT2D eigenvalue weighted by atomic mass is 9.78. The third-order valence-electron chi connectivity index (χ3n) is 7.01. The van der Waals surface area contributed by atoms with Crippen LogP contribution < -0.4 is 9.80 Å². The van der Waals surface area contributed by atoms with E-state index in [1.165, 1.54) is 45.4 Å². The zero-order valence-corrected chi connectivity index (χ0v) is 22.8. The molecule has 37 heavy (non-hydrogen) atoms. The van der Waals surface area contributed by atoms with Crippen LogP contribution in [0.2, 0.25) is 0 Å². The second-order valence-corrected chi connectivity index (χ2v) is 11.5. The summed E-state index contributed by atoms with van der Waals surface area (Å²) in [6, 6.07) is 29.7. The predicted molar refractivity (Wildman–Crippen MR) is 155 cm³/mol. The largest absolute Gasteiger partial charge is 0.378 e. The van der Waals surface area contributed by atoms with Crippen LogP contribution >= 0.6 is 0 Å². The number of hydrogen-bond acceptors (Lipinski definition) is 4. The summed E-state index contributed by atoms with van der Waals surface area (Å²) in [5.41, 5.74) is 5.32. The summed E-state index contributed by atoms with van der Waals surface area (Å²) in [5, 5.41) is 2.69. The first-order valence-electron chi connectivity index (χ1n) is 12.2. The number of benzene rings is 4. The van der Waals surface area contributed by atoms with Gasteiger partial charge in [0.1, 0.15) is 0 Å². The number of nitrogens with zero attached hydrogens (tertiary/aromatic N) is 2. The zero-order chi connectivity index (χ0) is 26.8. The lowest BCUT2D eigenvalue weighted by Gasteiger charge is -2.30. The lowest BCUT2D eigenvalue weighted by molar-refractivity contribution is 0.483. The number of fused-ring (bicyclic) bond motifs is 3. The van der Waals surface area contributed by atoms with Gasteiger partial charge in [-0.15, -0.1) is 0 Å². The van der Waals surface area contributed by atoms with E-state index in [1.54, 1.807) is 18.2 Å². The van der Waals surface area contributed by atoms with Crippen molar-refractivity contribution in [3.8, 4) is 0 Å². The Kier molecular flexibility index (Phi) is 7.44. The van der Waals surface area contributed by atoms with Gasteiger partial charge in [-0.1, -0.05) is 86.7 Å². The monoisotopic (exact) mass is 514 g/mol. The SMILES string of the molecule is CN(C)c1ccc(/C=C/C2N(C)c3ccc4ccccc4c3C2(C)C)cc1.O=S(=O)(O)c1ccccc1. The molecule has 0 amide bonds. The highest BCUT2D eigenvalue weighted by atomic mass is 32.2. The Bertz CT molecular complexity index is 1510. The number of rotatable bonds is 4. The third kappa shape index (κ3) is 5.55. The highest BCUT2D eigenvalue weighted by Gasteiger charge is 2.42. The van der Waals surface area contributed by atoms with E-state index in [-0.39, 0.29) is 10.3 Å². The van der Waals surface area contributed by atoms with Crippen molar-refractivity contribution >= 4 is 38.3 Å². The normalized spacial score (nSPS) is 16.4. The molecule has 1 heterocycles. The molecular formula is C31H34N2O3S. The summed E-state index contributed by atoms with van der Waals surface area (Å²) in [7, 11) is 2.36. The average Bonchev–Trinajstić information content (AvgIpc) is 3.08. The van der Waals surface area contributed by atoms with E-state index in [9.17, 15) is 8.42 Å². The van der Waals surface area contributed by atoms with E-state index >= 15 is 0 Å². The summed E-state index contributed by atoms with van der Waals surface area (Å²) in [6.07, 6.45) is 4.62. The minimum absolute atomic E-state index is 0.0467. The number of hydrogen-bond donors (Lipinski definition) is 1. The van der Waals surface area contributed by atoms with Gasteiger partial charge >= 0.3 is 0 Å². The Balaban J connectivity index is 0.000000270. The fourth-order valence-corrected chi connectivity index (χ4v) is 5.56.